The molecule has 2 N–H and O–H groups in total. The van der Waals surface area contributed by atoms with E-state index >= 15 is 0 Å². The van der Waals surface area contributed by atoms with Gasteiger partial charge in [-0.3, -0.25) is 4.89 Å². The van der Waals surface area contributed by atoms with Crippen LogP contribution in [0.4, 0.5) is 10.1 Å². The van der Waals surface area contributed by atoms with E-state index in [2.05, 4.69) is 14.8 Å². The van der Waals surface area contributed by atoms with Crippen molar-refractivity contribution in [2.75, 3.05) is 5.73 Å². The molecule has 0 atom stereocenters. The highest BCUT2D eigenvalue weighted by Crippen LogP contribution is 2.35. The average Bonchev–Trinajstić information content (AvgIpc) is 2.18. The van der Waals surface area contributed by atoms with E-state index in [1.165, 1.54) is 0 Å². The van der Waals surface area contributed by atoms with Gasteiger partial charge in [0.2, 0.25) is 5.95 Å². The highest BCUT2D eigenvalue weighted by atomic mass is 35.5. The number of nitrogen functional groups attached to an aromatic ring is 1. The Balaban J connectivity index is 3.04. The summed E-state index contributed by atoms with van der Waals surface area (Å²) >= 11 is 11.0. The van der Waals surface area contributed by atoms with E-state index in [-0.39, 0.29) is 10.7 Å². The fourth-order valence-corrected chi connectivity index (χ4v) is 1.02. The first-order chi connectivity index (χ1) is 6.93. The van der Waals surface area contributed by atoms with E-state index in [4.69, 9.17) is 28.9 Å². The molecule has 82 valence electrons. The highest BCUT2D eigenvalue weighted by Gasteiger charge is 2.17. The number of pyridine rings is 1. The molecular weight excluding hydrogens is 250 g/mol. The van der Waals surface area contributed by atoms with Crippen molar-refractivity contribution in [1.82, 2.24) is 4.98 Å². The zero-order valence-electron chi connectivity index (χ0n) is 7.38. The molecule has 0 aliphatic rings. The van der Waals surface area contributed by atoms with E-state index in [1.807, 2.05) is 0 Å². The van der Waals surface area contributed by atoms with E-state index in [0.29, 0.717) is 0 Å². The second-order valence-corrected chi connectivity index (χ2v) is 3.16. The van der Waals surface area contributed by atoms with Crippen molar-refractivity contribution in [2.24, 2.45) is 0 Å². The minimum absolute atomic E-state index is 0.234. The van der Waals surface area contributed by atoms with Crippen molar-refractivity contribution < 1.29 is 19.0 Å². The molecule has 0 bridgehead atoms. The third-order valence-electron chi connectivity index (χ3n) is 1.28. The summed E-state index contributed by atoms with van der Waals surface area (Å²) in [6.45, 7) is 1.09. The third-order valence-corrected chi connectivity index (χ3v) is 2.00. The number of nitrogens with zero attached hydrogens (tertiary/aromatic N) is 1. The fraction of sp³-hybridized carbons (Fsp3) is 0.143. The van der Waals surface area contributed by atoms with Crippen molar-refractivity contribution in [3.05, 3.63) is 16.0 Å². The van der Waals surface area contributed by atoms with Gasteiger partial charge in [0.25, 0.3) is 5.88 Å². The van der Waals surface area contributed by atoms with Crippen LogP contribution < -0.4 is 10.6 Å². The number of carbonyl (C=O) groups excluding carboxylic acids is 1. The Morgan fingerprint density at radius 1 is 1.47 bits per heavy atom. The topological polar surface area (TPSA) is 74.4 Å². The van der Waals surface area contributed by atoms with Crippen LogP contribution in [-0.4, -0.2) is 11.0 Å². The van der Waals surface area contributed by atoms with Gasteiger partial charge in [0, 0.05) is 6.92 Å². The Hall–Kier alpha value is -1.27. The maximum Gasteiger partial charge on any atom is 0.352 e. The van der Waals surface area contributed by atoms with Crippen LogP contribution in [-0.2, 0) is 9.68 Å². The van der Waals surface area contributed by atoms with Gasteiger partial charge in [0.05, 0.1) is 5.69 Å². The number of hydrogen-bond donors (Lipinski definition) is 1. The highest BCUT2D eigenvalue weighted by molar-refractivity contribution is 6.39. The molecule has 1 rings (SSSR count). The molecule has 0 aliphatic carbocycles. The van der Waals surface area contributed by atoms with Crippen LogP contribution in [0, 0.1) is 5.95 Å². The molecule has 0 aromatic carbocycles. The zero-order chi connectivity index (χ0) is 11.6. The molecular formula is C7H5Cl2FN2O3. The van der Waals surface area contributed by atoms with Gasteiger partial charge in [-0.25, -0.2) is 9.68 Å². The Morgan fingerprint density at radius 2 is 2.07 bits per heavy atom. The maximum absolute atomic E-state index is 12.9. The van der Waals surface area contributed by atoms with Gasteiger partial charge in [0.1, 0.15) is 10.0 Å². The van der Waals surface area contributed by atoms with Crippen LogP contribution in [0.1, 0.15) is 6.92 Å². The minimum Gasteiger partial charge on any atom is -0.396 e. The number of aromatic nitrogens is 1. The number of anilines is 1. The summed E-state index contributed by atoms with van der Waals surface area (Å²) in [5, 5.41) is -0.655. The van der Waals surface area contributed by atoms with Crippen molar-refractivity contribution in [3.63, 3.8) is 0 Å². The van der Waals surface area contributed by atoms with Crippen LogP contribution in [0.25, 0.3) is 0 Å². The molecule has 8 heteroatoms. The Bertz CT molecular complexity index is 414. The van der Waals surface area contributed by atoms with Gasteiger partial charge in [-0.1, -0.05) is 23.2 Å². The van der Waals surface area contributed by atoms with Crippen molar-refractivity contribution >= 4 is 34.9 Å². The molecule has 0 aliphatic heterocycles. The van der Waals surface area contributed by atoms with Gasteiger partial charge in [-0.2, -0.15) is 9.37 Å². The van der Waals surface area contributed by atoms with Gasteiger partial charge < -0.3 is 5.73 Å². The molecule has 0 radical (unpaired) electrons. The standard InChI is InChI=1S/C7H5Cl2FN2O3/c1-2(13)14-15-7-4(9)5(11)3(8)6(10)12-7/h1H3,(H2,11,12). The fourth-order valence-electron chi connectivity index (χ4n) is 0.663. The molecule has 1 aromatic rings. The quantitative estimate of drug-likeness (QED) is 0.496. The van der Waals surface area contributed by atoms with Crippen molar-refractivity contribution in [2.45, 2.75) is 6.92 Å². The minimum atomic E-state index is -1.07. The third kappa shape index (κ3) is 2.60. The van der Waals surface area contributed by atoms with Gasteiger partial charge in [0.15, 0.2) is 0 Å². The Morgan fingerprint density at radius 3 is 2.60 bits per heavy atom. The van der Waals surface area contributed by atoms with Crippen LogP contribution in [0.3, 0.4) is 0 Å². The summed E-state index contributed by atoms with van der Waals surface area (Å²) in [4.78, 5) is 22.0. The zero-order valence-corrected chi connectivity index (χ0v) is 8.90. The molecule has 15 heavy (non-hydrogen) atoms. The van der Waals surface area contributed by atoms with E-state index in [0.717, 1.165) is 6.92 Å². The lowest BCUT2D eigenvalue weighted by atomic mass is 10.4. The van der Waals surface area contributed by atoms with Gasteiger partial charge in [-0.15, -0.1) is 0 Å². The maximum atomic E-state index is 12.9. The molecule has 0 amide bonds. The molecule has 5 nitrogen and oxygen atoms in total. The second-order valence-electron chi connectivity index (χ2n) is 2.41. The molecule has 0 saturated carbocycles. The van der Waals surface area contributed by atoms with Crippen LogP contribution in [0.15, 0.2) is 0 Å². The van der Waals surface area contributed by atoms with Crippen molar-refractivity contribution in [3.8, 4) is 5.88 Å². The van der Waals surface area contributed by atoms with E-state index in [1.54, 1.807) is 0 Å². The Labute approximate surface area is 93.8 Å². The first-order valence-corrected chi connectivity index (χ1v) is 4.34. The Kier molecular flexibility index (Phi) is 3.54. The summed E-state index contributed by atoms with van der Waals surface area (Å²) in [6, 6.07) is 0. The number of hydrogen-bond acceptors (Lipinski definition) is 5. The summed E-state index contributed by atoms with van der Waals surface area (Å²) in [5.74, 6) is -2.28. The largest absolute Gasteiger partial charge is 0.396 e. The second kappa shape index (κ2) is 4.50. The number of rotatable bonds is 2. The molecule has 0 unspecified atom stereocenters. The number of halogens is 3. The first-order valence-electron chi connectivity index (χ1n) is 3.58. The van der Waals surface area contributed by atoms with Crippen LogP contribution in [0.2, 0.25) is 10.0 Å². The number of carbonyl (C=O) groups is 1. The van der Waals surface area contributed by atoms with Crippen LogP contribution in [0.5, 0.6) is 5.88 Å². The lowest BCUT2D eigenvalue weighted by Gasteiger charge is -2.06. The number of nitrogens with two attached hydrogens (primary N) is 1. The molecule has 0 saturated heterocycles. The van der Waals surface area contributed by atoms with Crippen LogP contribution >= 0.6 is 23.2 Å². The molecule has 0 spiro atoms. The predicted molar refractivity (Wildman–Crippen MR) is 51.0 cm³/mol. The van der Waals surface area contributed by atoms with E-state index in [9.17, 15) is 9.18 Å². The summed E-state index contributed by atoms with van der Waals surface area (Å²) in [6.07, 6.45) is 0. The summed E-state index contributed by atoms with van der Waals surface area (Å²) < 4.78 is 12.9. The van der Waals surface area contributed by atoms with Crippen molar-refractivity contribution in [1.29, 1.82) is 0 Å². The first kappa shape index (κ1) is 11.8. The summed E-state index contributed by atoms with van der Waals surface area (Å²) in [7, 11) is 0. The van der Waals surface area contributed by atoms with E-state index < -0.39 is 22.8 Å². The SMILES string of the molecule is CC(=O)OOc1nc(F)c(Cl)c(N)c1Cl. The lowest BCUT2D eigenvalue weighted by Crippen LogP contribution is -2.06. The van der Waals surface area contributed by atoms with Gasteiger partial charge >= 0.3 is 5.97 Å². The normalized spacial score (nSPS) is 9.87. The van der Waals surface area contributed by atoms with Gasteiger partial charge in [-0.05, 0) is 0 Å². The molecule has 0 fully saturated rings. The molecule has 1 heterocycles. The smallest absolute Gasteiger partial charge is 0.352 e. The summed E-state index contributed by atoms with van der Waals surface area (Å²) in [5.41, 5.74) is 5.08. The lowest BCUT2D eigenvalue weighted by molar-refractivity contribution is -0.212. The monoisotopic (exact) mass is 254 g/mol. The average molecular weight is 255 g/mol. The molecule has 1 aromatic heterocycles. The predicted octanol–water partition coefficient (Wildman–Crippen LogP) is 1.97.